The first-order valence-electron chi connectivity index (χ1n) is 6.89. The Morgan fingerprint density at radius 3 is 2.61 bits per heavy atom. The first-order valence-corrected chi connectivity index (χ1v) is 5.39. The van der Waals surface area contributed by atoms with E-state index in [9.17, 15) is 9.59 Å². The number of para-hydroxylation sites is 1. The highest BCUT2D eigenvalue weighted by Crippen LogP contribution is 2.13. The van der Waals surface area contributed by atoms with Crippen LogP contribution in [0, 0.1) is 6.92 Å². The molecule has 1 amide bonds. The molecule has 18 heavy (non-hydrogen) atoms. The van der Waals surface area contributed by atoms with Crippen LogP contribution in [0.4, 0.5) is 5.69 Å². The van der Waals surface area contributed by atoms with E-state index in [0.29, 0.717) is 11.4 Å². The Kier molecular flexibility index (Phi) is 2.20. The summed E-state index contributed by atoms with van der Waals surface area (Å²) in [5.41, 5.74) is 0.602. The van der Waals surface area contributed by atoms with Crippen LogP contribution in [0.15, 0.2) is 35.1 Å². The van der Waals surface area contributed by atoms with Crippen molar-refractivity contribution in [3.8, 4) is 5.69 Å². The summed E-state index contributed by atoms with van der Waals surface area (Å²) in [6.07, 6.45) is 0. The number of nitrogens with one attached hydrogen (secondary N) is 1. The van der Waals surface area contributed by atoms with Crippen LogP contribution in [0.1, 0.15) is 16.7 Å². The predicted octanol–water partition coefficient (Wildman–Crippen LogP) is 1.44. The summed E-state index contributed by atoms with van der Waals surface area (Å²) >= 11 is 0. The largest absolute Gasteiger partial charge is 0.320 e. The third-order valence-corrected chi connectivity index (χ3v) is 2.79. The van der Waals surface area contributed by atoms with Crippen molar-refractivity contribution >= 4 is 11.6 Å². The molecule has 2 aromatic rings. The molecule has 1 aromatic heterocycles. The average molecular weight is 248 g/mol. The number of rotatable bonds is 2. The molecule has 0 atom stereocenters. The summed E-state index contributed by atoms with van der Waals surface area (Å²) in [5.74, 6) is -1.17. The number of amides is 1. The van der Waals surface area contributed by atoms with Crippen LogP contribution in [0.3, 0.4) is 0 Å². The van der Waals surface area contributed by atoms with Crippen LogP contribution < -0.4 is 10.9 Å². The van der Waals surface area contributed by atoms with Crippen molar-refractivity contribution in [2.24, 2.45) is 7.05 Å². The van der Waals surface area contributed by atoms with Crippen molar-refractivity contribution in [2.75, 3.05) is 5.32 Å². The van der Waals surface area contributed by atoms with Crippen LogP contribution in [0.5, 0.6) is 0 Å². The molecule has 0 aliphatic carbocycles. The molecule has 5 heteroatoms. The van der Waals surface area contributed by atoms with Crippen LogP contribution in [0.25, 0.3) is 5.69 Å². The van der Waals surface area contributed by atoms with E-state index < -0.39 is 18.3 Å². The van der Waals surface area contributed by atoms with Gasteiger partial charge in [-0.25, -0.2) is 4.68 Å². The van der Waals surface area contributed by atoms with Crippen LogP contribution in [-0.4, -0.2) is 15.3 Å². The summed E-state index contributed by atoms with van der Waals surface area (Å²) in [6, 6.07) is 8.88. The molecule has 0 aliphatic heterocycles. The number of nitrogens with zero attached hydrogens (tertiary/aromatic N) is 2. The molecule has 0 radical (unpaired) electrons. The lowest BCUT2D eigenvalue weighted by Gasteiger charge is -2.07. The molecule has 0 saturated heterocycles. The summed E-state index contributed by atoms with van der Waals surface area (Å²) < 4.78 is 24.1. The Balaban J connectivity index is 2.52. The van der Waals surface area contributed by atoms with Gasteiger partial charge in [-0.3, -0.25) is 14.3 Å². The van der Waals surface area contributed by atoms with Gasteiger partial charge < -0.3 is 5.32 Å². The first-order chi connectivity index (χ1) is 9.73. The van der Waals surface area contributed by atoms with Gasteiger partial charge >= 0.3 is 0 Å². The lowest BCUT2D eigenvalue weighted by atomic mass is 10.3. The molecular weight excluding hydrogens is 230 g/mol. The molecular formula is C13H15N3O2. The zero-order valence-electron chi connectivity index (χ0n) is 13.1. The van der Waals surface area contributed by atoms with Crippen LogP contribution in [0.2, 0.25) is 0 Å². The van der Waals surface area contributed by atoms with Crippen molar-refractivity contribution in [1.82, 2.24) is 9.36 Å². The van der Waals surface area contributed by atoms with E-state index >= 15 is 0 Å². The maximum Gasteiger partial charge on any atom is 0.295 e. The fourth-order valence-electron chi connectivity index (χ4n) is 1.83. The van der Waals surface area contributed by atoms with Gasteiger partial charge in [0.25, 0.3) is 5.56 Å². The van der Waals surface area contributed by atoms with Gasteiger partial charge in [-0.15, -0.1) is 0 Å². The summed E-state index contributed by atoms with van der Waals surface area (Å²) in [7, 11) is 1.66. The minimum Gasteiger partial charge on any atom is -0.320 e. The number of carbonyl (C=O) groups excluding carboxylic acids is 1. The highest BCUT2D eigenvalue weighted by molar-refractivity contribution is 5.89. The molecule has 1 N–H and O–H groups in total. The predicted molar refractivity (Wildman–Crippen MR) is 70.1 cm³/mol. The fourth-order valence-corrected chi connectivity index (χ4v) is 1.83. The van der Waals surface area contributed by atoms with Crippen LogP contribution in [-0.2, 0) is 11.8 Å². The molecule has 0 saturated carbocycles. The molecule has 0 fully saturated rings. The quantitative estimate of drug-likeness (QED) is 0.874. The van der Waals surface area contributed by atoms with Gasteiger partial charge in [-0.1, -0.05) is 18.2 Å². The zero-order valence-corrected chi connectivity index (χ0v) is 10.1. The highest BCUT2D eigenvalue weighted by Gasteiger charge is 2.16. The van der Waals surface area contributed by atoms with E-state index in [1.165, 1.54) is 4.68 Å². The summed E-state index contributed by atoms with van der Waals surface area (Å²) in [6.45, 7) is -1.16. The Bertz CT molecular complexity index is 730. The normalized spacial score (nSPS) is 13.6. The lowest BCUT2D eigenvalue weighted by molar-refractivity contribution is -0.114. The molecule has 1 aromatic carbocycles. The molecule has 0 spiro atoms. The number of anilines is 1. The number of benzene rings is 1. The second kappa shape index (κ2) is 4.52. The van der Waals surface area contributed by atoms with Gasteiger partial charge in [0, 0.05) is 18.0 Å². The Morgan fingerprint density at radius 2 is 2.00 bits per heavy atom. The Morgan fingerprint density at radius 1 is 1.33 bits per heavy atom. The summed E-state index contributed by atoms with van der Waals surface area (Å²) in [5, 5.41) is 2.19. The van der Waals surface area contributed by atoms with Gasteiger partial charge in [0.2, 0.25) is 5.91 Å². The SMILES string of the molecule is [2H]C([2H])([2H])C(=O)Nc1c(C)n(C)n(-c2ccccc2)c1=O. The fraction of sp³-hybridized carbons (Fsp3) is 0.231. The van der Waals surface area contributed by atoms with E-state index in [1.807, 2.05) is 6.07 Å². The molecule has 1 heterocycles. The molecule has 0 unspecified atom stereocenters. The summed E-state index contributed by atoms with van der Waals surface area (Å²) in [4.78, 5) is 24.0. The van der Waals surface area contributed by atoms with Gasteiger partial charge in [0.15, 0.2) is 0 Å². The second-order valence-electron chi connectivity index (χ2n) is 3.89. The standard InChI is InChI=1S/C13H15N3O2/c1-9-12(14-10(2)17)13(18)16(15(9)3)11-7-5-4-6-8-11/h4-8H,1-3H3,(H,14,17)/i2D3. The van der Waals surface area contributed by atoms with Crippen molar-refractivity contribution in [3.05, 3.63) is 46.4 Å². The molecule has 5 nitrogen and oxygen atoms in total. The van der Waals surface area contributed by atoms with Crippen molar-refractivity contribution in [3.63, 3.8) is 0 Å². The van der Waals surface area contributed by atoms with E-state index in [2.05, 4.69) is 5.32 Å². The van der Waals surface area contributed by atoms with Crippen molar-refractivity contribution in [2.45, 2.75) is 13.8 Å². The number of aromatic nitrogens is 2. The van der Waals surface area contributed by atoms with Gasteiger partial charge in [-0.2, -0.15) is 0 Å². The minimum atomic E-state index is -2.80. The van der Waals surface area contributed by atoms with Crippen molar-refractivity contribution in [1.29, 1.82) is 0 Å². The van der Waals surface area contributed by atoms with E-state index in [-0.39, 0.29) is 5.69 Å². The second-order valence-corrected chi connectivity index (χ2v) is 3.89. The molecule has 0 bridgehead atoms. The average Bonchev–Trinajstić information content (AvgIpc) is 2.63. The topological polar surface area (TPSA) is 56.0 Å². The van der Waals surface area contributed by atoms with Crippen molar-refractivity contribution < 1.29 is 8.91 Å². The van der Waals surface area contributed by atoms with Gasteiger partial charge in [0.1, 0.15) is 5.69 Å². The Labute approximate surface area is 109 Å². The van der Waals surface area contributed by atoms with E-state index in [0.717, 1.165) is 0 Å². The smallest absolute Gasteiger partial charge is 0.295 e. The highest BCUT2D eigenvalue weighted by atomic mass is 16.2. The lowest BCUT2D eigenvalue weighted by Crippen LogP contribution is -2.21. The molecule has 0 aliphatic rings. The van der Waals surface area contributed by atoms with E-state index in [4.69, 9.17) is 4.11 Å². The Hall–Kier alpha value is -2.30. The number of carbonyl (C=O) groups is 1. The van der Waals surface area contributed by atoms with Crippen LogP contribution >= 0.6 is 0 Å². The third kappa shape index (κ3) is 1.95. The van der Waals surface area contributed by atoms with E-state index in [1.54, 1.807) is 42.9 Å². The molecule has 94 valence electrons. The zero-order chi connectivity index (χ0) is 15.8. The van der Waals surface area contributed by atoms with Gasteiger partial charge in [-0.05, 0) is 19.1 Å². The maximum atomic E-state index is 12.4. The minimum absolute atomic E-state index is 0.0255. The molecule has 2 rings (SSSR count). The third-order valence-electron chi connectivity index (χ3n) is 2.79. The number of hydrogen-bond acceptors (Lipinski definition) is 2. The van der Waals surface area contributed by atoms with Gasteiger partial charge in [0.05, 0.1) is 11.4 Å². The first kappa shape index (κ1) is 8.74. The number of hydrogen-bond donors (Lipinski definition) is 1. The maximum absolute atomic E-state index is 12.4. The monoisotopic (exact) mass is 248 g/mol.